The quantitative estimate of drug-likeness (QED) is 0.847. The Morgan fingerprint density at radius 1 is 1.35 bits per heavy atom. The largest absolute Gasteiger partial charge is 0.340 e. The molecular weight excluding hydrogens is 310 g/mol. The summed E-state index contributed by atoms with van der Waals surface area (Å²) in [7, 11) is 0. The number of rotatable bonds is 2. The maximum atomic E-state index is 13.0. The number of hydrogen-bond donors (Lipinski definition) is 0. The number of nitrogens with zero attached hydrogens (tertiary/aromatic N) is 3. The van der Waals surface area contributed by atoms with E-state index in [4.69, 9.17) is 4.52 Å². The molecule has 1 unspecified atom stereocenters. The van der Waals surface area contributed by atoms with Crippen molar-refractivity contribution in [3.05, 3.63) is 33.1 Å². The van der Waals surface area contributed by atoms with Gasteiger partial charge in [0.1, 0.15) is 0 Å². The molecule has 0 radical (unpaired) electrons. The van der Waals surface area contributed by atoms with Crippen LogP contribution >= 0.6 is 11.3 Å². The first-order chi connectivity index (χ1) is 11.2. The zero-order valence-electron chi connectivity index (χ0n) is 13.4. The molecule has 1 fully saturated rings. The van der Waals surface area contributed by atoms with Crippen LogP contribution in [0.3, 0.4) is 0 Å². The average molecular weight is 331 g/mol. The van der Waals surface area contributed by atoms with E-state index < -0.39 is 0 Å². The summed E-state index contributed by atoms with van der Waals surface area (Å²) in [6.07, 6.45) is 6.67. The lowest BCUT2D eigenvalue weighted by atomic mass is 9.93. The Bertz CT molecular complexity index is 721. The molecule has 0 saturated carbocycles. The Morgan fingerprint density at radius 2 is 2.22 bits per heavy atom. The molecule has 0 bridgehead atoms. The van der Waals surface area contributed by atoms with Gasteiger partial charge in [-0.3, -0.25) is 4.79 Å². The van der Waals surface area contributed by atoms with Crippen molar-refractivity contribution in [1.29, 1.82) is 0 Å². The van der Waals surface area contributed by atoms with E-state index in [2.05, 4.69) is 15.5 Å². The van der Waals surface area contributed by atoms with Crippen LogP contribution in [-0.4, -0.2) is 34.0 Å². The van der Waals surface area contributed by atoms with Crippen LogP contribution < -0.4 is 0 Å². The normalized spacial score (nSPS) is 21.3. The summed E-state index contributed by atoms with van der Waals surface area (Å²) in [6.45, 7) is 3.33. The third-order valence-electron chi connectivity index (χ3n) is 4.91. The van der Waals surface area contributed by atoms with Crippen LogP contribution in [0.25, 0.3) is 0 Å². The Labute approximate surface area is 139 Å². The van der Waals surface area contributed by atoms with Gasteiger partial charge in [0.15, 0.2) is 5.82 Å². The van der Waals surface area contributed by atoms with Crippen molar-refractivity contribution in [2.75, 3.05) is 13.1 Å². The number of likely N-dealkylation sites (tertiary alicyclic amines) is 1. The number of thiophene rings is 1. The highest BCUT2D eigenvalue weighted by atomic mass is 32.1. The molecule has 0 spiro atoms. The van der Waals surface area contributed by atoms with Crippen molar-refractivity contribution in [3.63, 3.8) is 0 Å². The molecule has 1 saturated heterocycles. The lowest BCUT2D eigenvalue weighted by molar-refractivity contribution is 0.0703. The highest BCUT2D eigenvalue weighted by Crippen LogP contribution is 2.32. The first kappa shape index (κ1) is 14.9. The maximum absolute atomic E-state index is 13.0. The number of fused-ring (bicyclic) bond motifs is 1. The fraction of sp³-hybridized carbons (Fsp3) is 0.588. The smallest absolute Gasteiger partial charge is 0.255 e. The number of carbonyl (C=O) groups excluding carboxylic acids is 1. The van der Waals surface area contributed by atoms with Crippen molar-refractivity contribution in [2.24, 2.45) is 0 Å². The minimum Gasteiger partial charge on any atom is -0.340 e. The number of hydrogen-bond acceptors (Lipinski definition) is 5. The van der Waals surface area contributed by atoms with Crippen molar-refractivity contribution < 1.29 is 9.32 Å². The third kappa shape index (κ3) is 2.80. The molecule has 23 heavy (non-hydrogen) atoms. The van der Waals surface area contributed by atoms with Crippen LogP contribution in [-0.2, 0) is 12.8 Å². The van der Waals surface area contributed by atoms with Crippen LogP contribution in [0.15, 0.2) is 9.90 Å². The van der Waals surface area contributed by atoms with E-state index in [1.54, 1.807) is 18.3 Å². The summed E-state index contributed by atoms with van der Waals surface area (Å²) in [4.78, 5) is 20.7. The summed E-state index contributed by atoms with van der Waals surface area (Å²) in [5, 5.41) is 6.11. The molecule has 1 amide bonds. The molecule has 2 aliphatic rings. The zero-order valence-corrected chi connectivity index (χ0v) is 14.2. The predicted octanol–water partition coefficient (Wildman–Crippen LogP) is 3.34. The van der Waals surface area contributed by atoms with Gasteiger partial charge in [-0.05, 0) is 44.1 Å². The SMILES string of the molecule is Cc1nc(C2CCCN(C(=O)c3csc4c3CCCC4)C2)no1. The van der Waals surface area contributed by atoms with Crippen molar-refractivity contribution in [1.82, 2.24) is 15.0 Å². The van der Waals surface area contributed by atoms with Gasteiger partial charge in [0, 0.05) is 36.2 Å². The molecule has 1 aliphatic carbocycles. The second kappa shape index (κ2) is 6.07. The van der Waals surface area contributed by atoms with E-state index >= 15 is 0 Å². The van der Waals surface area contributed by atoms with Gasteiger partial charge >= 0.3 is 0 Å². The Morgan fingerprint density at radius 3 is 3.04 bits per heavy atom. The van der Waals surface area contributed by atoms with Gasteiger partial charge in [0.05, 0.1) is 5.56 Å². The Kier molecular flexibility index (Phi) is 3.93. The monoisotopic (exact) mass is 331 g/mol. The van der Waals surface area contributed by atoms with Crippen molar-refractivity contribution in [2.45, 2.75) is 51.4 Å². The van der Waals surface area contributed by atoms with E-state index in [1.807, 2.05) is 4.90 Å². The van der Waals surface area contributed by atoms with Crippen LogP contribution in [0.2, 0.25) is 0 Å². The van der Waals surface area contributed by atoms with Gasteiger partial charge < -0.3 is 9.42 Å². The average Bonchev–Trinajstić information content (AvgIpc) is 3.20. The Balaban J connectivity index is 1.53. The molecule has 0 aromatic carbocycles. The van der Waals surface area contributed by atoms with E-state index in [-0.39, 0.29) is 11.8 Å². The molecule has 5 nitrogen and oxygen atoms in total. The van der Waals surface area contributed by atoms with Gasteiger partial charge in [0.25, 0.3) is 5.91 Å². The maximum Gasteiger partial charge on any atom is 0.255 e. The molecule has 2 aromatic rings. The standard InChI is InChI=1S/C17H21N3O2S/c1-11-18-16(19-22-11)12-5-4-8-20(9-12)17(21)14-10-23-15-7-3-2-6-13(14)15/h10,12H,2-9H2,1H3. The van der Waals surface area contributed by atoms with Gasteiger partial charge in [0.2, 0.25) is 5.89 Å². The first-order valence-corrected chi connectivity index (χ1v) is 9.29. The highest BCUT2D eigenvalue weighted by Gasteiger charge is 2.30. The second-order valence-electron chi connectivity index (χ2n) is 6.52. The summed E-state index contributed by atoms with van der Waals surface area (Å²) < 4.78 is 5.10. The minimum atomic E-state index is 0.189. The minimum absolute atomic E-state index is 0.189. The van der Waals surface area contributed by atoms with Crippen molar-refractivity contribution >= 4 is 17.2 Å². The molecule has 1 atom stereocenters. The molecular formula is C17H21N3O2S. The van der Waals surface area contributed by atoms with Gasteiger partial charge in [-0.25, -0.2) is 0 Å². The fourth-order valence-corrected chi connectivity index (χ4v) is 4.82. The summed E-state index contributed by atoms with van der Waals surface area (Å²) in [5.74, 6) is 1.72. The number of carbonyl (C=O) groups is 1. The predicted molar refractivity (Wildman–Crippen MR) is 87.9 cm³/mol. The van der Waals surface area contributed by atoms with E-state index in [0.29, 0.717) is 12.4 Å². The first-order valence-electron chi connectivity index (χ1n) is 8.41. The van der Waals surface area contributed by atoms with E-state index in [9.17, 15) is 4.79 Å². The van der Waals surface area contributed by atoms with E-state index in [0.717, 1.165) is 43.6 Å². The molecule has 4 rings (SSSR count). The second-order valence-corrected chi connectivity index (χ2v) is 7.48. The summed E-state index contributed by atoms with van der Waals surface area (Å²) in [6, 6.07) is 0. The number of piperidine rings is 1. The van der Waals surface area contributed by atoms with Gasteiger partial charge in [-0.2, -0.15) is 4.98 Å². The fourth-order valence-electron chi connectivity index (χ4n) is 3.70. The number of amides is 1. The lowest BCUT2D eigenvalue weighted by Gasteiger charge is -2.31. The molecule has 3 heterocycles. The molecule has 1 aliphatic heterocycles. The lowest BCUT2D eigenvalue weighted by Crippen LogP contribution is -2.39. The number of aromatic nitrogens is 2. The third-order valence-corrected chi connectivity index (χ3v) is 6.00. The Hall–Kier alpha value is -1.69. The molecule has 6 heteroatoms. The van der Waals surface area contributed by atoms with E-state index in [1.165, 1.54) is 23.3 Å². The van der Waals surface area contributed by atoms with Crippen LogP contribution in [0, 0.1) is 6.92 Å². The van der Waals surface area contributed by atoms with Gasteiger partial charge in [-0.15, -0.1) is 11.3 Å². The summed E-state index contributed by atoms with van der Waals surface area (Å²) >= 11 is 1.76. The summed E-state index contributed by atoms with van der Waals surface area (Å²) in [5.41, 5.74) is 2.25. The van der Waals surface area contributed by atoms with Gasteiger partial charge in [-0.1, -0.05) is 5.16 Å². The number of aryl methyl sites for hydroxylation is 2. The van der Waals surface area contributed by atoms with Crippen LogP contribution in [0.1, 0.15) is 64.1 Å². The molecule has 122 valence electrons. The van der Waals surface area contributed by atoms with Crippen LogP contribution in [0.5, 0.6) is 0 Å². The topological polar surface area (TPSA) is 59.2 Å². The van der Waals surface area contributed by atoms with Crippen LogP contribution in [0.4, 0.5) is 0 Å². The molecule has 0 N–H and O–H groups in total. The highest BCUT2D eigenvalue weighted by molar-refractivity contribution is 7.10. The zero-order chi connectivity index (χ0) is 15.8. The molecule has 2 aromatic heterocycles. The van der Waals surface area contributed by atoms with Crippen molar-refractivity contribution in [3.8, 4) is 0 Å².